The number of hydrogen-bond acceptors (Lipinski definition) is 4. The second-order valence-corrected chi connectivity index (χ2v) is 6.16. The Balaban J connectivity index is 1.82. The van der Waals surface area contributed by atoms with Crippen molar-refractivity contribution in [2.24, 2.45) is 11.7 Å². The van der Waals surface area contributed by atoms with Gasteiger partial charge in [0.05, 0.1) is 17.6 Å². The molecule has 2 heterocycles. The molecular formula is C11H17ClN2OS. The first kappa shape index (κ1) is 12.3. The van der Waals surface area contributed by atoms with Crippen molar-refractivity contribution in [3.05, 3.63) is 21.3 Å². The molecule has 1 aromatic heterocycles. The van der Waals surface area contributed by atoms with Crippen molar-refractivity contribution in [3.63, 3.8) is 0 Å². The van der Waals surface area contributed by atoms with Crippen molar-refractivity contribution in [2.75, 3.05) is 26.8 Å². The van der Waals surface area contributed by atoms with E-state index < -0.39 is 0 Å². The first-order chi connectivity index (χ1) is 7.65. The lowest BCUT2D eigenvalue weighted by molar-refractivity contribution is 0.173. The van der Waals surface area contributed by atoms with E-state index in [1.54, 1.807) is 11.3 Å². The predicted octanol–water partition coefficient (Wildman–Crippen LogP) is 1.81. The quantitative estimate of drug-likeness (QED) is 0.897. The van der Waals surface area contributed by atoms with Crippen LogP contribution in [0, 0.1) is 5.92 Å². The number of rotatable bonds is 4. The molecule has 1 aliphatic rings. The average Bonchev–Trinajstić information content (AvgIpc) is 2.77. The van der Waals surface area contributed by atoms with Gasteiger partial charge in [0.1, 0.15) is 0 Å². The number of ether oxygens (including phenoxy) is 1. The van der Waals surface area contributed by atoms with Crippen molar-refractivity contribution < 1.29 is 4.74 Å². The van der Waals surface area contributed by atoms with Gasteiger partial charge in [0.15, 0.2) is 0 Å². The molecule has 0 spiro atoms. The highest BCUT2D eigenvalue weighted by molar-refractivity contribution is 7.16. The monoisotopic (exact) mass is 260 g/mol. The summed E-state index contributed by atoms with van der Waals surface area (Å²) in [7, 11) is 2.11. The zero-order valence-corrected chi connectivity index (χ0v) is 10.9. The maximum absolute atomic E-state index is 5.95. The Bertz CT molecular complexity index is 344. The number of thiophene rings is 1. The predicted molar refractivity (Wildman–Crippen MR) is 67.9 cm³/mol. The van der Waals surface area contributed by atoms with E-state index in [-0.39, 0.29) is 6.04 Å². The fourth-order valence-electron chi connectivity index (χ4n) is 1.97. The van der Waals surface area contributed by atoms with E-state index in [2.05, 4.69) is 18.0 Å². The molecule has 0 bridgehead atoms. The summed E-state index contributed by atoms with van der Waals surface area (Å²) in [6.45, 7) is 3.40. The van der Waals surface area contributed by atoms with Crippen LogP contribution in [0.4, 0.5) is 0 Å². The van der Waals surface area contributed by atoms with Crippen LogP contribution in [-0.2, 0) is 11.3 Å². The molecule has 90 valence electrons. The van der Waals surface area contributed by atoms with E-state index >= 15 is 0 Å². The molecule has 5 heteroatoms. The molecule has 1 aromatic rings. The van der Waals surface area contributed by atoms with Crippen molar-refractivity contribution >= 4 is 22.9 Å². The summed E-state index contributed by atoms with van der Waals surface area (Å²) >= 11 is 7.53. The third kappa shape index (κ3) is 3.18. The molecule has 2 unspecified atom stereocenters. The molecule has 2 atom stereocenters. The Morgan fingerprint density at radius 1 is 1.56 bits per heavy atom. The van der Waals surface area contributed by atoms with Gasteiger partial charge in [0, 0.05) is 29.9 Å². The fourth-order valence-corrected chi connectivity index (χ4v) is 3.14. The highest BCUT2D eigenvalue weighted by atomic mass is 35.5. The maximum atomic E-state index is 5.95. The zero-order chi connectivity index (χ0) is 11.5. The van der Waals surface area contributed by atoms with Gasteiger partial charge < -0.3 is 15.4 Å². The van der Waals surface area contributed by atoms with Crippen LogP contribution < -0.4 is 5.73 Å². The topological polar surface area (TPSA) is 38.5 Å². The van der Waals surface area contributed by atoms with Crippen LogP contribution in [0.3, 0.4) is 0 Å². The summed E-state index contributed by atoms with van der Waals surface area (Å²) in [6.07, 6.45) is 0. The Morgan fingerprint density at radius 2 is 2.38 bits per heavy atom. The van der Waals surface area contributed by atoms with E-state index in [0.29, 0.717) is 12.5 Å². The van der Waals surface area contributed by atoms with Gasteiger partial charge in [-0.05, 0) is 19.2 Å². The molecule has 0 radical (unpaired) electrons. The van der Waals surface area contributed by atoms with Gasteiger partial charge in [0.25, 0.3) is 0 Å². The Labute approximate surface area is 105 Å². The van der Waals surface area contributed by atoms with Gasteiger partial charge in [-0.3, -0.25) is 0 Å². The van der Waals surface area contributed by atoms with E-state index in [9.17, 15) is 0 Å². The molecule has 2 rings (SSSR count). The van der Waals surface area contributed by atoms with E-state index in [4.69, 9.17) is 22.1 Å². The highest BCUT2D eigenvalue weighted by Gasteiger charge is 2.25. The van der Waals surface area contributed by atoms with Crippen LogP contribution in [0.15, 0.2) is 12.1 Å². The highest BCUT2D eigenvalue weighted by Crippen LogP contribution is 2.23. The first-order valence-corrected chi connectivity index (χ1v) is 6.60. The molecule has 0 saturated carbocycles. The lowest BCUT2D eigenvalue weighted by atomic mass is 10.0. The van der Waals surface area contributed by atoms with E-state index in [0.717, 1.165) is 24.0 Å². The Morgan fingerprint density at radius 3 is 2.94 bits per heavy atom. The Kier molecular flexibility index (Phi) is 4.21. The summed E-state index contributed by atoms with van der Waals surface area (Å²) < 4.78 is 6.21. The van der Waals surface area contributed by atoms with E-state index in [1.807, 2.05) is 6.07 Å². The lowest BCUT2D eigenvalue weighted by Gasteiger charge is -2.21. The smallest absolute Gasteiger partial charge is 0.0931 e. The van der Waals surface area contributed by atoms with E-state index in [1.165, 1.54) is 4.88 Å². The van der Waals surface area contributed by atoms with Crippen LogP contribution in [-0.4, -0.2) is 37.7 Å². The SMILES string of the molecule is CN(Cc1ccc(Cl)s1)CC1COCC1N. The van der Waals surface area contributed by atoms with Gasteiger partial charge in [-0.2, -0.15) is 0 Å². The largest absolute Gasteiger partial charge is 0.379 e. The lowest BCUT2D eigenvalue weighted by Crippen LogP contribution is -2.36. The molecule has 1 saturated heterocycles. The van der Waals surface area contributed by atoms with Crippen molar-refractivity contribution in [1.82, 2.24) is 4.90 Å². The number of hydrogen-bond donors (Lipinski definition) is 1. The second-order valence-electron chi connectivity index (χ2n) is 4.36. The van der Waals surface area contributed by atoms with Crippen LogP contribution in [0.5, 0.6) is 0 Å². The van der Waals surface area contributed by atoms with Gasteiger partial charge in [-0.15, -0.1) is 11.3 Å². The number of nitrogens with two attached hydrogens (primary N) is 1. The van der Waals surface area contributed by atoms with Crippen LogP contribution in [0.25, 0.3) is 0 Å². The summed E-state index contributed by atoms with van der Waals surface area (Å²) in [5.41, 5.74) is 5.95. The van der Waals surface area contributed by atoms with Gasteiger partial charge in [-0.25, -0.2) is 0 Å². The Hall–Kier alpha value is -0.130. The number of halogens is 1. The summed E-state index contributed by atoms with van der Waals surface area (Å²) in [5, 5.41) is 0. The van der Waals surface area contributed by atoms with Gasteiger partial charge in [-0.1, -0.05) is 11.6 Å². The number of nitrogens with zero attached hydrogens (tertiary/aromatic N) is 1. The van der Waals surface area contributed by atoms with Crippen LogP contribution in [0.2, 0.25) is 4.34 Å². The fraction of sp³-hybridized carbons (Fsp3) is 0.636. The minimum atomic E-state index is 0.189. The third-order valence-electron chi connectivity index (χ3n) is 2.85. The summed E-state index contributed by atoms with van der Waals surface area (Å²) in [5.74, 6) is 0.459. The molecule has 0 amide bonds. The molecule has 0 aliphatic carbocycles. The second kappa shape index (κ2) is 5.47. The standard InChI is InChI=1S/C11H17ClN2OS/c1-14(4-8-6-15-7-10(8)13)5-9-2-3-11(12)16-9/h2-3,8,10H,4-7,13H2,1H3. The van der Waals surface area contributed by atoms with Gasteiger partial charge in [0.2, 0.25) is 0 Å². The molecule has 0 aromatic carbocycles. The molecular weight excluding hydrogens is 244 g/mol. The zero-order valence-electron chi connectivity index (χ0n) is 9.36. The van der Waals surface area contributed by atoms with Crippen molar-refractivity contribution in [3.8, 4) is 0 Å². The summed E-state index contributed by atoms with van der Waals surface area (Å²) in [6, 6.07) is 4.21. The minimum absolute atomic E-state index is 0.189. The van der Waals surface area contributed by atoms with Crippen molar-refractivity contribution in [1.29, 1.82) is 0 Å². The molecule has 2 N–H and O–H groups in total. The summed E-state index contributed by atoms with van der Waals surface area (Å²) in [4.78, 5) is 3.57. The molecule has 16 heavy (non-hydrogen) atoms. The van der Waals surface area contributed by atoms with Crippen LogP contribution >= 0.6 is 22.9 Å². The molecule has 1 fully saturated rings. The molecule has 3 nitrogen and oxygen atoms in total. The maximum Gasteiger partial charge on any atom is 0.0931 e. The van der Waals surface area contributed by atoms with Gasteiger partial charge >= 0.3 is 0 Å². The minimum Gasteiger partial charge on any atom is -0.379 e. The normalized spacial score (nSPS) is 25.5. The first-order valence-electron chi connectivity index (χ1n) is 5.41. The van der Waals surface area contributed by atoms with Crippen molar-refractivity contribution in [2.45, 2.75) is 12.6 Å². The van der Waals surface area contributed by atoms with Crippen LogP contribution in [0.1, 0.15) is 4.88 Å². The molecule has 1 aliphatic heterocycles. The average molecular weight is 261 g/mol. The third-order valence-corrected chi connectivity index (χ3v) is 4.06.